The number of hydroxylamine groups is 2. The normalized spacial score (nSPS) is 16.7. The largest absolute Gasteiger partial charge is 0.457 e. The van der Waals surface area contributed by atoms with Crippen LogP contribution in [-0.4, -0.2) is 16.3 Å². The topological polar surface area (TPSA) is 75.8 Å². The number of carbonyl (C=O) groups is 1. The fourth-order valence-corrected chi connectivity index (χ4v) is 2.91. The molecule has 3 N–H and O–H groups in total. The van der Waals surface area contributed by atoms with Gasteiger partial charge in [0.25, 0.3) is 0 Å². The van der Waals surface area contributed by atoms with Gasteiger partial charge in [-0.15, -0.1) is 0 Å². The Morgan fingerprint density at radius 3 is 2.68 bits per heavy atom. The van der Waals surface area contributed by atoms with Gasteiger partial charge in [0.15, 0.2) is 0 Å². The molecular formula is C17H18N2O3. The molecule has 0 heterocycles. The van der Waals surface area contributed by atoms with Crippen LogP contribution in [0.25, 0.3) is 0 Å². The van der Waals surface area contributed by atoms with Gasteiger partial charge < -0.3 is 10.5 Å². The highest BCUT2D eigenvalue weighted by Gasteiger charge is 2.29. The van der Waals surface area contributed by atoms with Crippen molar-refractivity contribution in [3.8, 4) is 11.5 Å². The Labute approximate surface area is 128 Å². The van der Waals surface area contributed by atoms with Crippen LogP contribution < -0.4 is 10.5 Å². The molecule has 5 nitrogen and oxygen atoms in total. The third kappa shape index (κ3) is 2.76. The lowest BCUT2D eigenvalue weighted by Gasteiger charge is -2.31. The van der Waals surface area contributed by atoms with Crippen molar-refractivity contribution in [1.29, 1.82) is 0 Å². The zero-order chi connectivity index (χ0) is 15.5. The van der Waals surface area contributed by atoms with Gasteiger partial charge in [-0.05, 0) is 43.0 Å². The number of nitrogens with zero attached hydrogens (tertiary/aromatic N) is 1. The number of primary amides is 1. The van der Waals surface area contributed by atoms with Crippen LogP contribution in [0.15, 0.2) is 48.5 Å². The van der Waals surface area contributed by atoms with E-state index in [1.165, 1.54) is 0 Å². The van der Waals surface area contributed by atoms with E-state index in [1.54, 1.807) is 0 Å². The van der Waals surface area contributed by atoms with Gasteiger partial charge in [-0.3, -0.25) is 5.21 Å². The second-order valence-electron chi connectivity index (χ2n) is 5.33. The summed E-state index contributed by atoms with van der Waals surface area (Å²) in [6, 6.07) is 14.0. The molecule has 0 saturated heterocycles. The van der Waals surface area contributed by atoms with Crippen molar-refractivity contribution < 1.29 is 14.7 Å². The summed E-state index contributed by atoms with van der Waals surface area (Å²) in [6.45, 7) is 0. The molecule has 0 spiro atoms. The van der Waals surface area contributed by atoms with Crippen LogP contribution in [0.1, 0.15) is 30.0 Å². The average molecular weight is 298 g/mol. The van der Waals surface area contributed by atoms with E-state index in [0.717, 1.165) is 35.5 Å². The van der Waals surface area contributed by atoms with Gasteiger partial charge in [0.05, 0.1) is 6.04 Å². The van der Waals surface area contributed by atoms with E-state index in [9.17, 15) is 10.0 Å². The molecule has 0 fully saturated rings. The van der Waals surface area contributed by atoms with E-state index in [1.807, 2.05) is 48.5 Å². The number of hydrogen-bond donors (Lipinski definition) is 2. The van der Waals surface area contributed by atoms with Crippen molar-refractivity contribution in [2.45, 2.75) is 25.3 Å². The molecule has 0 aliphatic heterocycles. The Balaban J connectivity index is 1.95. The molecule has 0 aromatic heterocycles. The number of carbonyl (C=O) groups excluding carboxylic acids is 1. The highest BCUT2D eigenvalue weighted by atomic mass is 16.5. The molecule has 2 aromatic rings. The first-order chi connectivity index (χ1) is 10.7. The van der Waals surface area contributed by atoms with Gasteiger partial charge >= 0.3 is 6.03 Å². The molecule has 3 rings (SSSR count). The van der Waals surface area contributed by atoms with Gasteiger partial charge in [0.2, 0.25) is 0 Å². The van der Waals surface area contributed by atoms with Crippen LogP contribution in [-0.2, 0) is 6.42 Å². The average Bonchev–Trinajstić information content (AvgIpc) is 2.55. The second-order valence-corrected chi connectivity index (χ2v) is 5.33. The Hall–Kier alpha value is -2.53. The molecule has 0 radical (unpaired) electrons. The summed E-state index contributed by atoms with van der Waals surface area (Å²) in [5, 5.41) is 10.5. The number of hydrogen-bond acceptors (Lipinski definition) is 3. The fraction of sp³-hybridized carbons (Fsp3) is 0.235. The van der Waals surface area contributed by atoms with Crippen LogP contribution >= 0.6 is 0 Å². The summed E-state index contributed by atoms with van der Waals surface area (Å²) < 4.78 is 5.95. The van der Waals surface area contributed by atoms with Gasteiger partial charge in [0, 0.05) is 5.56 Å². The third-order valence-corrected chi connectivity index (χ3v) is 3.92. The highest BCUT2D eigenvalue weighted by Crippen LogP contribution is 2.39. The highest BCUT2D eigenvalue weighted by molar-refractivity contribution is 5.71. The molecule has 114 valence electrons. The van der Waals surface area contributed by atoms with Crippen molar-refractivity contribution in [2.75, 3.05) is 0 Å². The first-order valence-electron chi connectivity index (χ1n) is 7.29. The van der Waals surface area contributed by atoms with Crippen LogP contribution in [0.4, 0.5) is 4.79 Å². The number of rotatable bonds is 3. The summed E-state index contributed by atoms with van der Waals surface area (Å²) in [5.74, 6) is 1.51. The van der Waals surface area contributed by atoms with Gasteiger partial charge in [-0.25, -0.2) is 4.79 Å². The summed E-state index contributed by atoms with van der Waals surface area (Å²) in [5.41, 5.74) is 7.10. The van der Waals surface area contributed by atoms with E-state index in [2.05, 4.69) is 0 Å². The number of para-hydroxylation sites is 1. The molecule has 1 unspecified atom stereocenters. The zero-order valence-corrected chi connectivity index (χ0v) is 12.1. The SMILES string of the molecule is NC(=O)N(O)C1CCCc2c(Oc3ccccc3)cccc21. The van der Waals surface area contributed by atoms with Crippen molar-refractivity contribution >= 4 is 6.03 Å². The number of fused-ring (bicyclic) bond motifs is 1. The molecule has 1 atom stereocenters. The Kier molecular flexibility index (Phi) is 3.98. The lowest BCUT2D eigenvalue weighted by atomic mass is 9.87. The monoisotopic (exact) mass is 298 g/mol. The minimum absolute atomic E-state index is 0.416. The second kappa shape index (κ2) is 6.07. The molecular weight excluding hydrogens is 280 g/mol. The lowest BCUT2D eigenvalue weighted by molar-refractivity contribution is -0.0809. The Morgan fingerprint density at radius 1 is 1.18 bits per heavy atom. The predicted molar refractivity (Wildman–Crippen MR) is 81.8 cm³/mol. The first-order valence-corrected chi connectivity index (χ1v) is 7.29. The number of nitrogens with two attached hydrogens (primary N) is 1. The summed E-state index contributed by atoms with van der Waals surface area (Å²) in [7, 11) is 0. The molecule has 5 heteroatoms. The van der Waals surface area contributed by atoms with Gasteiger partial charge in [-0.1, -0.05) is 30.3 Å². The maximum Gasteiger partial charge on any atom is 0.339 e. The van der Waals surface area contributed by atoms with Crippen molar-refractivity contribution in [3.63, 3.8) is 0 Å². The summed E-state index contributed by atoms with van der Waals surface area (Å²) in [6.07, 6.45) is 2.39. The quantitative estimate of drug-likeness (QED) is 0.671. The van der Waals surface area contributed by atoms with E-state index in [0.29, 0.717) is 11.5 Å². The maximum absolute atomic E-state index is 11.3. The predicted octanol–water partition coefficient (Wildman–Crippen LogP) is 3.63. The van der Waals surface area contributed by atoms with Crippen molar-refractivity contribution in [1.82, 2.24) is 5.06 Å². The van der Waals surface area contributed by atoms with Crippen LogP contribution in [0.5, 0.6) is 11.5 Å². The standard InChI is InChI=1S/C17H18N2O3/c18-17(20)19(21)15-10-4-9-14-13(15)8-5-11-16(14)22-12-6-2-1-3-7-12/h1-3,5-8,11,15,21H,4,9-10H2,(H2,18,20). The zero-order valence-electron chi connectivity index (χ0n) is 12.1. The molecule has 2 aromatic carbocycles. The minimum atomic E-state index is -0.841. The van der Waals surface area contributed by atoms with Crippen LogP contribution in [0.3, 0.4) is 0 Å². The van der Waals surface area contributed by atoms with E-state index < -0.39 is 12.1 Å². The van der Waals surface area contributed by atoms with Gasteiger partial charge in [-0.2, -0.15) is 5.06 Å². The fourth-order valence-electron chi connectivity index (χ4n) is 2.91. The van der Waals surface area contributed by atoms with Crippen LogP contribution in [0, 0.1) is 0 Å². The van der Waals surface area contributed by atoms with Gasteiger partial charge in [0.1, 0.15) is 11.5 Å². The maximum atomic E-state index is 11.3. The smallest absolute Gasteiger partial charge is 0.339 e. The van der Waals surface area contributed by atoms with Crippen LogP contribution in [0.2, 0.25) is 0 Å². The molecule has 0 saturated carbocycles. The number of urea groups is 1. The Morgan fingerprint density at radius 2 is 1.95 bits per heavy atom. The molecule has 0 bridgehead atoms. The van der Waals surface area contributed by atoms with E-state index in [-0.39, 0.29) is 0 Å². The first kappa shape index (κ1) is 14.4. The molecule has 1 aliphatic carbocycles. The minimum Gasteiger partial charge on any atom is -0.457 e. The number of ether oxygens (including phenoxy) is 1. The summed E-state index contributed by atoms with van der Waals surface area (Å²) >= 11 is 0. The van der Waals surface area contributed by atoms with E-state index in [4.69, 9.17) is 10.5 Å². The number of benzene rings is 2. The lowest BCUT2D eigenvalue weighted by Crippen LogP contribution is -2.37. The molecule has 1 aliphatic rings. The molecule has 22 heavy (non-hydrogen) atoms. The summed E-state index contributed by atoms with van der Waals surface area (Å²) in [4.78, 5) is 11.3. The number of amides is 2. The van der Waals surface area contributed by atoms with E-state index >= 15 is 0 Å². The van der Waals surface area contributed by atoms with Crippen molar-refractivity contribution in [2.24, 2.45) is 5.73 Å². The third-order valence-electron chi connectivity index (χ3n) is 3.92. The Bertz CT molecular complexity index is 673. The van der Waals surface area contributed by atoms with Crippen molar-refractivity contribution in [3.05, 3.63) is 59.7 Å². The molecule has 2 amide bonds.